The van der Waals surface area contributed by atoms with Crippen molar-refractivity contribution in [1.29, 1.82) is 0 Å². The molecule has 2 aromatic heterocycles. The van der Waals surface area contributed by atoms with Crippen molar-refractivity contribution in [3.63, 3.8) is 0 Å². The number of benzene rings is 1. The maximum atomic E-state index is 12.2. The summed E-state index contributed by atoms with van der Waals surface area (Å²) in [7, 11) is 1.59. The van der Waals surface area contributed by atoms with E-state index in [9.17, 15) is 9.59 Å². The highest BCUT2D eigenvalue weighted by molar-refractivity contribution is 9.10. The van der Waals surface area contributed by atoms with E-state index < -0.39 is 11.2 Å². The van der Waals surface area contributed by atoms with Crippen LogP contribution >= 0.6 is 15.9 Å². The molecule has 0 fully saturated rings. The van der Waals surface area contributed by atoms with E-state index in [1.807, 2.05) is 0 Å². The summed E-state index contributed by atoms with van der Waals surface area (Å²) < 4.78 is 3.67. The van der Waals surface area contributed by atoms with Gasteiger partial charge in [0, 0.05) is 25.8 Å². The summed E-state index contributed by atoms with van der Waals surface area (Å²) >= 11 is 3.38. The van der Waals surface area contributed by atoms with Gasteiger partial charge in [-0.15, -0.1) is 0 Å². The van der Waals surface area contributed by atoms with Crippen molar-refractivity contribution >= 4 is 32.8 Å². The summed E-state index contributed by atoms with van der Waals surface area (Å²) in [6.07, 6.45) is 0.805. The second kappa shape index (κ2) is 6.87. The van der Waals surface area contributed by atoms with Crippen molar-refractivity contribution in [1.82, 2.24) is 19.1 Å². The second-order valence-electron chi connectivity index (χ2n) is 6.12. The van der Waals surface area contributed by atoms with Gasteiger partial charge in [-0.25, -0.2) is 9.78 Å². The Labute approximate surface area is 152 Å². The number of aromatic nitrogens is 4. The number of aromatic amines is 1. The van der Waals surface area contributed by atoms with E-state index in [0.29, 0.717) is 22.4 Å². The third-order valence-corrected chi connectivity index (χ3v) is 4.83. The molecular weight excluding hydrogens is 386 g/mol. The molecule has 3 rings (SSSR count). The van der Waals surface area contributed by atoms with Crippen molar-refractivity contribution in [2.75, 3.05) is 11.9 Å². The number of rotatable bonds is 5. The van der Waals surface area contributed by atoms with Crippen LogP contribution in [0.5, 0.6) is 0 Å². The van der Waals surface area contributed by atoms with Crippen molar-refractivity contribution in [2.45, 2.75) is 26.8 Å². The quantitative estimate of drug-likeness (QED) is 0.503. The van der Waals surface area contributed by atoms with Crippen LogP contribution in [0, 0.1) is 13.8 Å². The first-order valence-corrected chi connectivity index (χ1v) is 8.84. The van der Waals surface area contributed by atoms with Gasteiger partial charge < -0.3 is 9.88 Å². The number of hydrogen-bond acceptors (Lipinski definition) is 4. The highest BCUT2D eigenvalue weighted by Crippen LogP contribution is 2.18. The predicted octanol–water partition coefficient (Wildman–Crippen LogP) is 2.30. The largest absolute Gasteiger partial charge is 0.385 e. The average Bonchev–Trinajstić information content (AvgIpc) is 2.90. The molecule has 1 aromatic carbocycles. The fourth-order valence-electron chi connectivity index (χ4n) is 2.80. The smallest absolute Gasteiger partial charge is 0.329 e. The number of halogens is 1. The first-order chi connectivity index (χ1) is 11.9. The summed E-state index contributed by atoms with van der Waals surface area (Å²) in [5.41, 5.74) is 3.43. The molecule has 2 N–H and O–H groups in total. The van der Waals surface area contributed by atoms with Gasteiger partial charge in [0.25, 0.3) is 5.56 Å². The van der Waals surface area contributed by atoms with Gasteiger partial charge in [0.2, 0.25) is 0 Å². The first-order valence-electron chi connectivity index (χ1n) is 8.04. The van der Waals surface area contributed by atoms with E-state index in [1.165, 1.54) is 15.7 Å². The number of hydrogen-bond donors (Lipinski definition) is 2. The number of H-pyrrole nitrogens is 1. The zero-order valence-corrected chi connectivity index (χ0v) is 16.0. The summed E-state index contributed by atoms with van der Waals surface area (Å²) in [6, 6.07) is 6.31. The number of nitrogens with one attached hydrogen (secondary N) is 2. The maximum absolute atomic E-state index is 12.2. The van der Waals surface area contributed by atoms with E-state index in [-0.39, 0.29) is 0 Å². The number of imidazole rings is 1. The van der Waals surface area contributed by atoms with E-state index >= 15 is 0 Å². The number of aryl methyl sites for hydroxylation is 4. The van der Waals surface area contributed by atoms with Crippen molar-refractivity contribution in [2.24, 2.45) is 7.05 Å². The monoisotopic (exact) mass is 405 g/mol. The molecule has 0 aliphatic carbocycles. The lowest BCUT2D eigenvalue weighted by Crippen LogP contribution is -2.29. The fourth-order valence-corrected chi connectivity index (χ4v) is 3.32. The molecule has 0 spiro atoms. The Hall–Kier alpha value is -2.35. The van der Waals surface area contributed by atoms with Crippen LogP contribution in [0.1, 0.15) is 17.5 Å². The Kier molecular flexibility index (Phi) is 4.80. The molecule has 132 valence electrons. The standard InChI is InChI=1S/C17H20BrN5O2/c1-10-5-6-11(2)12(9-10)19-7-4-8-23-13-14(20-16(23)18)22(3)17(25)21-15(13)24/h5-6,9,19H,4,7-8H2,1-3H3,(H,21,24,25). The van der Waals surface area contributed by atoms with Crippen LogP contribution in [0.2, 0.25) is 0 Å². The number of anilines is 1. The van der Waals surface area contributed by atoms with Crippen LogP contribution in [0.3, 0.4) is 0 Å². The van der Waals surface area contributed by atoms with Gasteiger partial charge in [-0.1, -0.05) is 12.1 Å². The molecular formula is C17H20BrN5O2. The minimum Gasteiger partial charge on any atom is -0.385 e. The van der Waals surface area contributed by atoms with Crippen LogP contribution in [-0.4, -0.2) is 25.6 Å². The Morgan fingerprint density at radius 1 is 1.28 bits per heavy atom. The van der Waals surface area contributed by atoms with E-state index in [4.69, 9.17) is 0 Å². The van der Waals surface area contributed by atoms with Gasteiger partial charge in [0.15, 0.2) is 15.9 Å². The maximum Gasteiger partial charge on any atom is 0.329 e. The number of nitrogens with zero attached hydrogens (tertiary/aromatic N) is 3. The molecule has 3 aromatic rings. The van der Waals surface area contributed by atoms with E-state index in [0.717, 1.165) is 18.7 Å². The molecule has 0 atom stereocenters. The predicted molar refractivity (Wildman–Crippen MR) is 102 cm³/mol. The van der Waals surface area contributed by atoms with Crippen molar-refractivity contribution in [3.05, 3.63) is 54.9 Å². The van der Waals surface area contributed by atoms with E-state index in [2.05, 4.69) is 63.3 Å². The molecule has 0 unspecified atom stereocenters. The fraction of sp³-hybridized carbons (Fsp3) is 0.353. The Bertz CT molecular complexity index is 1050. The zero-order chi connectivity index (χ0) is 18.1. The molecule has 0 radical (unpaired) electrons. The minimum atomic E-state index is -0.466. The first kappa shape index (κ1) is 17.5. The average molecular weight is 406 g/mol. The lowest BCUT2D eigenvalue weighted by molar-refractivity contribution is 0.662. The molecule has 0 saturated carbocycles. The van der Waals surface area contributed by atoms with Crippen LogP contribution in [0.15, 0.2) is 32.5 Å². The summed E-state index contributed by atoms with van der Waals surface area (Å²) in [5, 5.41) is 3.43. The normalized spacial score (nSPS) is 11.2. The van der Waals surface area contributed by atoms with Crippen LogP contribution in [-0.2, 0) is 13.6 Å². The van der Waals surface area contributed by atoms with Gasteiger partial charge >= 0.3 is 5.69 Å². The molecule has 0 aliphatic heterocycles. The van der Waals surface area contributed by atoms with Gasteiger partial charge in [0.1, 0.15) is 0 Å². The number of fused-ring (bicyclic) bond motifs is 1. The highest BCUT2D eigenvalue weighted by Gasteiger charge is 2.15. The van der Waals surface area contributed by atoms with Crippen molar-refractivity contribution in [3.8, 4) is 0 Å². The Morgan fingerprint density at radius 3 is 2.80 bits per heavy atom. The van der Waals surface area contributed by atoms with Crippen LogP contribution in [0.25, 0.3) is 11.2 Å². The third-order valence-electron chi connectivity index (χ3n) is 4.23. The van der Waals surface area contributed by atoms with Crippen LogP contribution in [0.4, 0.5) is 5.69 Å². The topological polar surface area (TPSA) is 84.7 Å². The van der Waals surface area contributed by atoms with Gasteiger partial charge in [-0.2, -0.15) is 0 Å². The highest BCUT2D eigenvalue weighted by atomic mass is 79.9. The van der Waals surface area contributed by atoms with Gasteiger partial charge in [0.05, 0.1) is 0 Å². The Morgan fingerprint density at radius 2 is 2.04 bits per heavy atom. The summed E-state index contributed by atoms with van der Waals surface area (Å²) in [6.45, 7) is 5.51. The summed E-state index contributed by atoms with van der Waals surface area (Å²) in [4.78, 5) is 30.5. The van der Waals surface area contributed by atoms with E-state index in [1.54, 1.807) is 11.6 Å². The van der Waals surface area contributed by atoms with Gasteiger partial charge in [-0.3, -0.25) is 14.3 Å². The molecule has 0 saturated heterocycles. The molecule has 0 aliphatic rings. The SMILES string of the molecule is Cc1ccc(C)c(NCCCn2c(Br)nc3c2c(=O)[nH]c(=O)n3C)c1. The molecule has 0 bridgehead atoms. The molecule has 25 heavy (non-hydrogen) atoms. The molecule has 8 heteroatoms. The molecule has 7 nitrogen and oxygen atoms in total. The minimum absolute atomic E-state index is 0.378. The lowest BCUT2D eigenvalue weighted by Gasteiger charge is -2.11. The second-order valence-corrected chi connectivity index (χ2v) is 6.83. The summed E-state index contributed by atoms with van der Waals surface area (Å²) in [5.74, 6) is 0. The zero-order valence-electron chi connectivity index (χ0n) is 14.4. The molecule has 2 heterocycles. The molecule has 0 amide bonds. The Balaban J connectivity index is 1.77. The van der Waals surface area contributed by atoms with Crippen LogP contribution < -0.4 is 16.6 Å². The van der Waals surface area contributed by atoms with Crippen molar-refractivity contribution < 1.29 is 0 Å². The van der Waals surface area contributed by atoms with Gasteiger partial charge in [-0.05, 0) is 53.4 Å². The lowest BCUT2D eigenvalue weighted by atomic mass is 10.1. The third kappa shape index (κ3) is 3.39.